The lowest BCUT2D eigenvalue weighted by atomic mass is 10.2. The lowest BCUT2D eigenvalue weighted by molar-refractivity contribution is -0.584. The van der Waals surface area contributed by atoms with Crippen LogP contribution in [0.1, 0.15) is 42.2 Å². The molecule has 34 heavy (non-hydrogen) atoms. The third kappa shape index (κ3) is 4.78. The first-order valence-corrected chi connectivity index (χ1v) is 11.1. The molecule has 2 heterocycles. The quantitative estimate of drug-likeness (QED) is 0.240. The van der Waals surface area contributed by atoms with E-state index in [-0.39, 0.29) is 24.7 Å². The Morgan fingerprint density at radius 2 is 2.00 bits per heavy atom. The van der Waals surface area contributed by atoms with Crippen molar-refractivity contribution in [3.8, 4) is 0 Å². The molecule has 8 heteroatoms. The normalized spacial score (nSPS) is 12.9. The number of aliphatic hydroxyl groups excluding tert-OH is 1. The number of carbonyl (C=O) groups excluding carboxylic acids is 1. The number of aliphatic hydroxyl groups is 1. The number of hydrogen-bond acceptors (Lipinski definition) is 6. The van der Waals surface area contributed by atoms with E-state index in [2.05, 4.69) is 4.98 Å². The Balaban J connectivity index is 1.64. The highest BCUT2D eigenvalue weighted by Gasteiger charge is 2.26. The molecule has 1 atom stereocenters. The Morgan fingerprint density at radius 1 is 1.26 bits per heavy atom. The van der Waals surface area contributed by atoms with E-state index in [1.165, 1.54) is 4.90 Å². The molecule has 2 aromatic carbocycles. The van der Waals surface area contributed by atoms with Crippen molar-refractivity contribution in [3.05, 3.63) is 83.0 Å². The second-order valence-corrected chi connectivity index (χ2v) is 8.05. The van der Waals surface area contributed by atoms with Gasteiger partial charge in [-0.15, -0.1) is 0 Å². The average Bonchev–Trinajstić information content (AvgIpc) is 3.30. The van der Waals surface area contributed by atoms with Gasteiger partial charge in [0.05, 0.1) is 0 Å². The zero-order valence-electron chi connectivity index (χ0n) is 19.4. The number of nitrogens with zero attached hydrogens (tertiary/aromatic N) is 3. The fourth-order valence-electron chi connectivity index (χ4n) is 3.57. The molecule has 4 rings (SSSR count). The number of fused-ring (bicyclic) bond motifs is 2. The van der Waals surface area contributed by atoms with Crippen LogP contribution in [0.3, 0.4) is 0 Å². The van der Waals surface area contributed by atoms with Crippen LogP contribution < -0.4 is 4.73 Å². The Kier molecular flexibility index (Phi) is 6.90. The van der Waals surface area contributed by atoms with Crippen molar-refractivity contribution in [1.82, 2.24) is 9.88 Å². The first-order chi connectivity index (χ1) is 16.4. The minimum atomic E-state index is -1.01. The molecule has 0 radical (unpaired) electrons. The molecule has 0 bridgehead atoms. The number of amides is 1. The third-order valence-corrected chi connectivity index (χ3v) is 5.67. The highest BCUT2D eigenvalue weighted by atomic mass is 16.6. The van der Waals surface area contributed by atoms with E-state index in [0.29, 0.717) is 27.9 Å². The van der Waals surface area contributed by atoms with Gasteiger partial charge in [-0.3, -0.25) is 4.79 Å². The SMILES string of the molecule is CCC(O)OCN(CC=C(C)c1cc2ccccc2o1)C(=O)c1nc2ccccc2[n+]([O-])c1C. The summed E-state index contributed by atoms with van der Waals surface area (Å²) in [5, 5.41) is 23.6. The number of allylic oxidation sites excluding steroid dienone is 1. The van der Waals surface area contributed by atoms with Gasteiger partial charge >= 0.3 is 0 Å². The van der Waals surface area contributed by atoms with Crippen molar-refractivity contribution in [1.29, 1.82) is 0 Å². The summed E-state index contributed by atoms with van der Waals surface area (Å²) in [7, 11) is 0. The summed E-state index contributed by atoms with van der Waals surface area (Å²) in [6, 6.07) is 16.5. The molecule has 2 aromatic heterocycles. The van der Waals surface area contributed by atoms with Gasteiger partial charge in [0.2, 0.25) is 11.2 Å². The molecule has 0 saturated heterocycles. The predicted octanol–water partition coefficient (Wildman–Crippen LogP) is 4.17. The van der Waals surface area contributed by atoms with E-state index in [1.54, 1.807) is 38.1 Å². The van der Waals surface area contributed by atoms with Crippen molar-refractivity contribution in [3.63, 3.8) is 0 Å². The Bertz CT molecular complexity index is 1330. The smallest absolute Gasteiger partial charge is 0.281 e. The zero-order chi connectivity index (χ0) is 24.2. The van der Waals surface area contributed by atoms with Gasteiger partial charge in [-0.2, -0.15) is 4.73 Å². The summed E-state index contributed by atoms with van der Waals surface area (Å²) >= 11 is 0. The molecule has 0 spiro atoms. The fraction of sp³-hybridized carbons (Fsp3) is 0.269. The third-order valence-electron chi connectivity index (χ3n) is 5.67. The molecule has 8 nitrogen and oxygen atoms in total. The van der Waals surface area contributed by atoms with Gasteiger partial charge in [-0.1, -0.05) is 43.3 Å². The second-order valence-electron chi connectivity index (χ2n) is 8.05. The minimum Gasteiger partial charge on any atom is -0.618 e. The summed E-state index contributed by atoms with van der Waals surface area (Å²) in [5.41, 5.74) is 2.67. The summed E-state index contributed by atoms with van der Waals surface area (Å²) in [6.45, 7) is 5.25. The van der Waals surface area contributed by atoms with Crippen LogP contribution in [-0.2, 0) is 4.74 Å². The van der Waals surface area contributed by atoms with Crippen LogP contribution in [0.5, 0.6) is 0 Å². The number of ether oxygens (including phenoxy) is 1. The molecule has 176 valence electrons. The van der Waals surface area contributed by atoms with Crippen molar-refractivity contribution >= 4 is 33.5 Å². The van der Waals surface area contributed by atoms with E-state index in [1.807, 2.05) is 43.3 Å². The summed E-state index contributed by atoms with van der Waals surface area (Å²) < 4.78 is 12.1. The predicted molar refractivity (Wildman–Crippen MR) is 129 cm³/mol. The van der Waals surface area contributed by atoms with Crippen LogP contribution in [0.2, 0.25) is 0 Å². The molecule has 4 aromatic rings. The number of carbonyl (C=O) groups is 1. The lowest BCUT2D eigenvalue weighted by Crippen LogP contribution is -2.40. The van der Waals surface area contributed by atoms with Crippen molar-refractivity contribution in [2.45, 2.75) is 33.5 Å². The van der Waals surface area contributed by atoms with E-state index in [0.717, 1.165) is 16.5 Å². The minimum absolute atomic E-state index is 0.0399. The summed E-state index contributed by atoms with van der Waals surface area (Å²) in [5.74, 6) is 0.227. The Morgan fingerprint density at radius 3 is 2.76 bits per heavy atom. The molecule has 1 unspecified atom stereocenters. The topological polar surface area (TPSA) is 103 Å². The molecule has 1 amide bonds. The first-order valence-electron chi connectivity index (χ1n) is 11.1. The Labute approximate surface area is 197 Å². The monoisotopic (exact) mass is 461 g/mol. The lowest BCUT2D eigenvalue weighted by Gasteiger charge is -2.23. The van der Waals surface area contributed by atoms with Gasteiger partial charge in [0, 0.05) is 24.9 Å². The maximum atomic E-state index is 13.4. The van der Waals surface area contributed by atoms with Gasteiger partial charge in [-0.25, -0.2) is 4.98 Å². The zero-order valence-corrected chi connectivity index (χ0v) is 19.4. The van der Waals surface area contributed by atoms with Crippen molar-refractivity contribution in [2.24, 2.45) is 0 Å². The molecule has 1 N–H and O–H groups in total. The standard InChI is InChI=1S/C26H27N3O5/c1-4-24(30)33-16-28(14-13-17(2)23-15-19-9-5-8-12-22(19)34-23)26(31)25-18(3)29(32)21-11-7-6-10-20(21)27-25/h5-13,15,24,30H,4,14,16H2,1-3H3. The molecule has 0 aliphatic heterocycles. The molecule has 0 aliphatic carbocycles. The largest absolute Gasteiger partial charge is 0.618 e. The average molecular weight is 462 g/mol. The number of rotatable bonds is 8. The van der Waals surface area contributed by atoms with Crippen LogP contribution in [0.4, 0.5) is 0 Å². The van der Waals surface area contributed by atoms with Crippen LogP contribution in [-0.4, -0.2) is 40.5 Å². The van der Waals surface area contributed by atoms with E-state index in [9.17, 15) is 15.1 Å². The van der Waals surface area contributed by atoms with E-state index < -0.39 is 12.2 Å². The molecular formula is C26H27N3O5. The number of aromatic nitrogens is 2. The number of benzene rings is 2. The highest BCUT2D eigenvalue weighted by molar-refractivity contribution is 5.94. The van der Waals surface area contributed by atoms with Crippen molar-refractivity contribution in [2.75, 3.05) is 13.3 Å². The summed E-state index contributed by atoms with van der Waals surface area (Å²) in [4.78, 5) is 19.3. The van der Waals surface area contributed by atoms with E-state index >= 15 is 0 Å². The highest BCUT2D eigenvalue weighted by Crippen LogP contribution is 2.24. The number of hydrogen-bond donors (Lipinski definition) is 1. The number of para-hydroxylation sites is 3. The molecule has 0 fully saturated rings. The maximum Gasteiger partial charge on any atom is 0.281 e. The van der Waals surface area contributed by atoms with Gasteiger partial charge in [-0.05, 0) is 37.1 Å². The molecular weight excluding hydrogens is 434 g/mol. The van der Waals surface area contributed by atoms with Crippen LogP contribution in [0, 0.1) is 12.1 Å². The van der Waals surface area contributed by atoms with Crippen LogP contribution in [0.25, 0.3) is 27.6 Å². The van der Waals surface area contributed by atoms with Crippen LogP contribution >= 0.6 is 0 Å². The molecule has 0 saturated carbocycles. The summed E-state index contributed by atoms with van der Waals surface area (Å²) in [6.07, 6.45) is 1.22. The van der Waals surface area contributed by atoms with Gasteiger partial charge in [0.25, 0.3) is 5.91 Å². The number of furan rings is 1. The maximum absolute atomic E-state index is 13.4. The second kappa shape index (κ2) is 10.0. The fourth-order valence-corrected chi connectivity index (χ4v) is 3.57. The Hall–Kier alpha value is -3.75. The van der Waals surface area contributed by atoms with Gasteiger partial charge in [0.15, 0.2) is 12.0 Å². The first kappa shape index (κ1) is 23.4. The van der Waals surface area contributed by atoms with Crippen molar-refractivity contribution < 1.29 is 23.8 Å². The van der Waals surface area contributed by atoms with Gasteiger partial charge in [0.1, 0.15) is 23.6 Å². The van der Waals surface area contributed by atoms with Gasteiger partial charge < -0.3 is 24.4 Å². The van der Waals surface area contributed by atoms with Crippen LogP contribution in [0.15, 0.2) is 65.1 Å². The van der Waals surface area contributed by atoms with E-state index in [4.69, 9.17) is 9.15 Å². The molecule has 0 aliphatic rings.